The van der Waals surface area contributed by atoms with Crippen LogP contribution in [0.15, 0.2) is 11.8 Å². The van der Waals surface area contributed by atoms with Gasteiger partial charge < -0.3 is 5.11 Å². The summed E-state index contributed by atoms with van der Waals surface area (Å²) in [5, 5.41) is 9.06. The summed E-state index contributed by atoms with van der Waals surface area (Å²) in [5.74, 6) is -1.09. The number of hydrogen-bond donors (Lipinski definition) is 1. The second kappa shape index (κ2) is 2.77. The first-order valence-corrected chi connectivity index (χ1v) is 4.96. The van der Waals surface area contributed by atoms with Gasteiger partial charge in [-0.05, 0) is 13.0 Å². The summed E-state index contributed by atoms with van der Waals surface area (Å²) in [7, 11) is 0. The van der Waals surface area contributed by atoms with Crippen LogP contribution in [0.25, 0.3) is 0 Å². The van der Waals surface area contributed by atoms with Gasteiger partial charge in [0.25, 0.3) is 0 Å². The fraction of sp³-hybridized carbons (Fsp3) is 0.500. The Morgan fingerprint density at radius 2 is 2.46 bits per heavy atom. The monoisotopic (exact) mass is 199 g/mol. The van der Waals surface area contributed by atoms with Crippen LogP contribution in [-0.4, -0.2) is 32.5 Å². The number of carboxylic acids is 1. The average molecular weight is 199 g/mol. The lowest BCUT2D eigenvalue weighted by molar-refractivity contribution is -0.146. The van der Waals surface area contributed by atoms with Crippen molar-refractivity contribution in [1.29, 1.82) is 0 Å². The van der Waals surface area contributed by atoms with Crippen molar-refractivity contribution < 1.29 is 14.7 Å². The first-order chi connectivity index (χ1) is 6.09. The van der Waals surface area contributed by atoms with Crippen molar-refractivity contribution in [1.82, 2.24) is 4.90 Å². The van der Waals surface area contributed by atoms with Crippen LogP contribution >= 0.6 is 11.8 Å². The van der Waals surface area contributed by atoms with Gasteiger partial charge in [-0.3, -0.25) is 9.69 Å². The van der Waals surface area contributed by atoms with Gasteiger partial charge in [0.2, 0.25) is 5.91 Å². The summed E-state index contributed by atoms with van der Waals surface area (Å²) in [5.41, 5.74) is 0.146. The molecule has 0 aromatic heterocycles. The molecule has 70 valence electrons. The van der Waals surface area contributed by atoms with Crippen LogP contribution in [0.5, 0.6) is 0 Å². The molecule has 13 heavy (non-hydrogen) atoms. The quantitative estimate of drug-likeness (QED) is 0.630. The highest BCUT2D eigenvalue weighted by Crippen LogP contribution is 2.40. The Kier molecular flexibility index (Phi) is 1.83. The molecule has 5 heteroatoms. The Balaban J connectivity index is 2.30. The molecule has 2 rings (SSSR count). The van der Waals surface area contributed by atoms with Gasteiger partial charge in [-0.15, -0.1) is 11.8 Å². The van der Waals surface area contributed by atoms with E-state index in [-0.39, 0.29) is 22.2 Å². The number of carbonyl (C=O) groups excluding carboxylic acids is 1. The van der Waals surface area contributed by atoms with Crippen molar-refractivity contribution in [3.8, 4) is 0 Å². The zero-order chi connectivity index (χ0) is 9.59. The number of rotatable bonds is 1. The lowest BCUT2D eigenvalue weighted by Gasteiger charge is -2.43. The van der Waals surface area contributed by atoms with E-state index in [1.807, 2.05) is 6.92 Å². The maximum Gasteiger partial charge on any atom is 0.352 e. The van der Waals surface area contributed by atoms with Gasteiger partial charge in [0, 0.05) is 5.25 Å². The molecule has 2 heterocycles. The first-order valence-electron chi connectivity index (χ1n) is 4.02. The second-order valence-electron chi connectivity index (χ2n) is 3.12. The molecule has 2 aliphatic rings. The summed E-state index contributed by atoms with van der Waals surface area (Å²) < 4.78 is 0. The molecule has 1 N–H and O–H groups in total. The molecule has 0 spiro atoms. The zero-order valence-corrected chi connectivity index (χ0v) is 7.87. The Hall–Kier alpha value is -0.970. The largest absolute Gasteiger partial charge is 0.477 e. The number of nitrogens with zero attached hydrogens (tertiary/aromatic N) is 1. The number of thioether (sulfide) groups is 1. The third kappa shape index (κ3) is 1.23. The third-order valence-electron chi connectivity index (χ3n) is 2.15. The molecular weight excluding hydrogens is 190 g/mol. The number of carboxylic acid groups (broad SMARTS) is 1. The van der Waals surface area contributed by atoms with Crippen LogP contribution in [0.4, 0.5) is 0 Å². The van der Waals surface area contributed by atoms with Gasteiger partial charge in [-0.2, -0.15) is 0 Å². The van der Waals surface area contributed by atoms with Crippen molar-refractivity contribution in [2.45, 2.75) is 24.0 Å². The number of amides is 1. The molecule has 1 amide bonds. The second-order valence-corrected chi connectivity index (χ2v) is 4.68. The van der Waals surface area contributed by atoms with Crippen molar-refractivity contribution in [2.24, 2.45) is 0 Å². The van der Waals surface area contributed by atoms with E-state index in [0.717, 1.165) is 0 Å². The van der Waals surface area contributed by atoms with Gasteiger partial charge in [0.15, 0.2) is 0 Å². The zero-order valence-electron chi connectivity index (χ0n) is 7.06. The molecule has 2 unspecified atom stereocenters. The lowest BCUT2D eigenvalue weighted by atomic mass is 10.1. The number of carbonyl (C=O) groups is 2. The summed E-state index contributed by atoms with van der Waals surface area (Å²) in [4.78, 5) is 23.2. The fourth-order valence-corrected chi connectivity index (χ4v) is 2.84. The van der Waals surface area contributed by atoms with Crippen LogP contribution < -0.4 is 0 Å². The Morgan fingerprint density at radius 3 is 3.00 bits per heavy atom. The highest BCUT2D eigenvalue weighted by atomic mass is 32.2. The smallest absolute Gasteiger partial charge is 0.352 e. The SMILES string of the molecule is CC1C=C(C(=O)O)N2C(=O)CC2S1. The molecule has 1 fully saturated rings. The van der Waals surface area contributed by atoms with Gasteiger partial charge in [0.1, 0.15) is 5.70 Å². The molecule has 1 saturated heterocycles. The summed E-state index contributed by atoms with van der Waals surface area (Å²) in [6.07, 6.45) is 2.10. The van der Waals surface area contributed by atoms with E-state index < -0.39 is 5.97 Å². The van der Waals surface area contributed by atoms with Crippen LogP contribution in [0.2, 0.25) is 0 Å². The highest BCUT2D eigenvalue weighted by Gasteiger charge is 2.44. The van der Waals surface area contributed by atoms with Gasteiger partial charge >= 0.3 is 5.97 Å². The van der Waals surface area contributed by atoms with Gasteiger partial charge in [-0.1, -0.05) is 0 Å². The maximum atomic E-state index is 11.1. The van der Waals surface area contributed by atoms with E-state index >= 15 is 0 Å². The van der Waals surface area contributed by atoms with Crippen LogP contribution in [0, 0.1) is 0 Å². The first kappa shape index (κ1) is 8.62. The van der Waals surface area contributed by atoms with Crippen molar-refractivity contribution in [2.75, 3.05) is 0 Å². The molecule has 0 saturated carbocycles. The van der Waals surface area contributed by atoms with Crippen molar-refractivity contribution >= 4 is 23.6 Å². The minimum Gasteiger partial charge on any atom is -0.477 e. The number of aliphatic carboxylic acids is 1. The fourth-order valence-electron chi connectivity index (χ4n) is 1.55. The van der Waals surface area contributed by atoms with E-state index in [2.05, 4.69) is 0 Å². The standard InChI is InChI=1S/C8H9NO3S/c1-4-2-5(8(11)12)9-6(10)3-7(9)13-4/h2,4,7H,3H2,1H3,(H,11,12). The predicted molar refractivity (Wildman–Crippen MR) is 48.0 cm³/mol. The van der Waals surface area contributed by atoms with Gasteiger partial charge in [0.05, 0.1) is 11.8 Å². The molecule has 0 radical (unpaired) electrons. The third-order valence-corrected chi connectivity index (χ3v) is 3.41. The van der Waals surface area contributed by atoms with Crippen molar-refractivity contribution in [3.05, 3.63) is 11.8 Å². The van der Waals surface area contributed by atoms with Gasteiger partial charge in [-0.25, -0.2) is 4.79 Å². The highest BCUT2D eigenvalue weighted by molar-refractivity contribution is 8.00. The summed E-state index contributed by atoms with van der Waals surface area (Å²) >= 11 is 1.63. The minimum atomic E-state index is -1.01. The molecule has 0 aromatic rings. The number of hydrogen-bond acceptors (Lipinski definition) is 3. The predicted octanol–water partition coefficient (Wildman–Crippen LogP) is 0.649. The molecule has 2 aliphatic heterocycles. The molecule has 0 aliphatic carbocycles. The van der Waals surface area contributed by atoms with E-state index in [0.29, 0.717) is 6.42 Å². The van der Waals surface area contributed by atoms with E-state index in [1.165, 1.54) is 4.90 Å². The lowest BCUT2D eigenvalue weighted by Crippen LogP contribution is -2.53. The van der Waals surface area contributed by atoms with Crippen LogP contribution in [0.1, 0.15) is 13.3 Å². The van der Waals surface area contributed by atoms with Crippen molar-refractivity contribution in [3.63, 3.8) is 0 Å². The van der Waals surface area contributed by atoms with Crippen LogP contribution in [-0.2, 0) is 9.59 Å². The Bertz CT molecular complexity index is 313. The molecule has 4 nitrogen and oxygen atoms in total. The number of fused-ring (bicyclic) bond motifs is 1. The molecule has 2 atom stereocenters. The summed E-state index contributed by atoms with van der Waals surface area (Å²) in [6, 6.07) is 0. The molecule has 0 aromatic carbocycles. The average Bonchev–Trinajstić information content (AvgIpc) is 2.01. The van der Waals surface area contributed by atoms with E-state index in [4.69, 9.17) is 5.11 Å². The molecular formula is C8H9NO3S. The normalized spacial score (nSPS) is 31.9. The topological polar surface area (TPSA) is 57.6 Å². The Morgan fingerprint density at radius 1 is 1.77 bits per heavy atom. The molecule has 0 bridgehead atoms. The summed E-state index contributed by atoms with van der Waals surface area (Å²) in [6.45, 7) is 1.94. The van der Waals surface area contributed by atoms with Crippen LogP contribution in [0.3, 0.4) is 0 Å². The maximum absolute atomic E-state index is 11.1. The minimum absolute atomic E-state index is 0.0543. The van der Waals surface area contributed by atoms with E-state index in [9.17, 15) is 9.59 Å². The Labute approximate surface area is 79.6 Å². The van der Waals surface area contributed by atoms with E-state index in [1.54, 1.807) is 17.8 Å². The number of β-lactam (4-membered cyclic amide) rings is 1.